The summed E-state index contributed by atoms with van der Waals surface area (Å²) in [5, 5.41) is 17.3. The van der Waals surface area contributed by atoms with Crippen molar-refractivity contribution in [2.75, 3.05) is 13.2 Å². The molecule has 0 spiro atoms. The van der Waals surface area contributed by atoms with Gasteiger partial charge in [0.1, 0.15) is 17.4 Å². The van der Waals surface area contributed by atoms with E-state index in [4.69, 9.17) is 24.4 Å². The second kappa shape index (κ2) is 11.8. The number of phenols is 1. The summed E-state index contributed by atoms with van der Waals surface area (Å²) < 4.78 is 16.5. The van der Waals surface area contributed by atoms with Crippen molar-refractivity contribution in [1.29, 1.82) is 0 Å². The summed E-state index contributed by atoms with van der Waals surface area (Å²) in [7, 11) is 0. The SMILES string of the molecule is C.C=C/C(=C\C=C/C)C(=O)OC1CO[C@@H]2CCOC12.O=C(O)c1ccccc1O. The third-order valence-corrected chi connectivity index (χ3v) is 4.24. The first-order valence-corrected chi connectivity index (χ1v) is 8.88. The zero-order valence-corrected chi connectivity index (χ0v) is 15.6. The summed E-state index contributed by atoms with van der Waals surface area (Å²) in [4.78, 5) is 22.2. The van der Waals surface area contributed by atoms with Crippen molar-refractivity contribution in [3.8, 4) is 5.75 Å². The second-order valence-electron chi connectivity index (χ2n) is 6.11. The minimum Gasteiger partial charge on any atom is -0.507 e. The summed E-state index contributed by atoms with van der Waals surface area (Å²) >= 11 is 0. The van der Waals surface area contributed by atoms with E-state index < -0.39 is 5.97 Å². The van der Waals surface area contributed by atoms with Crippen LogP contribution in [-0.4, -0.2) is 53.7 Å². The lowest BCUT2D eigenvalue weighted by molar-refractivity contribution is -0.148. The first kappa shape index (κ1) is 24.1. The average molecular weight is 404 g/mol. The summed E-state index contributed by atoms with van der Waals surface area (Å²) in [6, 6.07) is 5.81. The van der Waals surface area contributed by atoms with Gasteiger partial charge < -0.3 is 24.4 Å². The van der Waals surface area contributed by atoms with Crippen LogP contribution in [0.15, 0.2) is 60.7 Å². The zero-order chi connectivity index (χ0) is 20.5. The van der Waals surface area contributed by atoms with Crippen LogP contribution in [0, 0.1) is 0 Å². The predicted molar refractivity (Wildman–Crippen MR) is 109 cm³/mol. The first-order valence-electron chi connectivity index (χ1n) is 8.88. The van der Waals surface area contributed by atoms with Crippen LogP contribution in [-0.2, 0) is 19.0 Å². The van der Waals surface area contributed by atoms with Crippen molar-refractivity contribution in [3.63, 3.8) is 0 Å². The van der Waals surface area contributed by atoms with Gasteiger partial charge in [-0.25, -0.2) is 9.59 Å². The Morgan fingerprint density at radius 1 is 1.28 bits per heavy atom. The van der Waals surface area contributed by atoms with Crippen molar-refractivity contribution in [3.05, 3.63) is 66.3 Å². The van der Waals surface area contributed by atoms with Gasteiger partial charge in [-0.05, 0) is 31.6 Å². The Bertz CT molecular complexity index is 766. The lowest BCUT2D eigenvalue weighted by Gasteiger charge is -2.16. The number of carbonyl (C=O) groups is 2. The largest absolute Gasteiger partial charge is 0.507 e. The van der Waals surface area contributed by atoms with Crippen molar-refractivity contribution >= 4 is 11.9 Å². The van der Waals surface area contributed by atoms with Crippen molar-refractivity contribution in [2.45, 2.75) is 39.1 Å². The Balaban J connectivity index is 0.000000327. The van der Waals surface area contributed by atoms with Crippen LogP contribution >= 0.6 is 0 Å². The van der Waals surface area contributed by atoms with Gasteiger partial charge in [-0.2, -0.15) is 0 Å². The highest BCUT2D eigenvalue weighted by atomic mass is 16.6. The highest BCUT2D eigenvalue weighted by Crippen LogP contribution is 2.28. The van der Waals surface area contributed by atoms with Crippen molar-refractivity contribution < 1.29 is 34.0 Å². The number of esters is 1. The molecule has 158 valence electrons. The first-order chi connectivity index (χ1) is 13.5. The number of carboxylic acids is 1. The van der Waals surface area contributed by atoms with Crippen LogP contribution in [0.2, 0.25) is 0 Å². The molecule has 2 aliphatic rings. The monoisotopic (exact) mass is 404 g/mol. The van der Waals surface area contributed by atoms with Gasteiger partial charge in [-0.15, -0.1) is 0 Å². The molecule has 2 fully saturated rings. The molecule has 3 atom stereocenters. The van der Waals surface area contributed by atoms with Gasteiger partial charge in [-0.1, -0.05) is 44.4 Å². The number of para-hydroxylation sites is 1. The second-order valence-corrected chi connectivity index (χ2v) is 6.11. The number of benzene rings is 1. The molecular weight excluding hydrogens is 376 g/mol. The maximum absolute atomic E-state index is 11.9. The minimum absolute atomic E-state index is 0. The normalized spacial score (nSPS) is 22.8. The van der Waals surface area contributed by atoms with E-state index in [2.05, 4.69) is 6.58 Å². The van der Waals surface area contributed by atoms with Crippen LogP contribution in [0.5, 0.6) is 5.75 Å². The average Bonchev–Trinajstić information content (AvgIpc) is 3.28. The number of ether oxygens (including phenoxy) is 3. The summed E-state index contributed by atoms with van der Waals surface area (Å²) in [6.45, 7) is 6.57. The molecule has 0 bridgehead atoms. The molecule has 2 aliphatic heterocycles. The molecule has 3 rings (SSSR count). The van der Waals surface area contributed by atoms with Crippen LogP contribution < -0.4 is 0 Å². The van der Waals surface area contributed by atoms with E-state index in [-0.39, 0.29) is 43.0 Å². The molecule has 1 aromatic carbocycles. The Morgan fingerprint density at radius 2 is 2.00 bits per heavy atom. The number of carbonyl (C=O) groups excluding carboxylic acids is 1. The molecule has 2 N–H and O–H groups in total. The highest BCUT2D eigenvalue weighted by Gasteiger charge is 2.44. The Morgan fingerprint density at radius 3 is 2.59 bits per heavy atom. The van der Waals surface area contributed by atoms with Gasteiger partial charge in [0.05, 0.1) is 18.3 Å². The molecule has 0 aromatic heterocycles. The number of allylic oxidation sites excluding steroid dienone is 3. The summed E-state index contributed by atoms with van der Waals surface area (Å²) in [5.74, 6) is -1.69. The number of hydrogen-bond donors (Lipinski definition) is 2. The maximum atomic E-state index is 11.9. The van der Waals surface area contributed by atoms with Crippen molar-refractivity contribution in [1.82, 2.24) is 0 Å². The van der Waals surface area contributed by atoms with Gasteiger partial charge in [0, 0.05) is 6.61 Å². The van der Waals surface area contributed by atoms with Crippen LogP contribution in [0.3, 0.4) is 0 Å². The molecule has 7 heteroatoms. The summed E-state index contributed by atoms with van der Waals surface area (Å²) in [5.41, 5.74) is 0.372. The Kier molecular flexibility index (Phi) is 9.85. The molecule has 2 heterocycles. The molecule has 0 aliphatic carbocycles. The third kappa shape index (κ3) is 6.58. The maximum Gasteiger partial charge on any atom is 0.339 e. The Labute approximate surface area is 170 Å². The standard InChI is InChI=1S/C14H18O4.C7H6O3.CH4/c1-3-5-6-10(4-2)14(15)18-12-9-17-11-7-8-16-13(11)12;8-6-4-2-1-3-5(6)7(9)10;/h3-6,11-13H,2,7-9H2,1H3;1-4,8H,(H,9,10);1H4/b5-3-,10-6+;;/t11-,12?,13?;;/m1../s1. The quantitative estimate of drug-likeness (QED) is 0.440. The Hall–Kier alpha value is -2.90. The predicted octanol–water partition coefficient (Wildman–Crippen LogP) is 3.50. The fourth-order valence-corrected chi connectivity index (χ4v) is 2.81. The van der Waals surface area contributed by atoms with Gasteiger partial charge in [0.25, 0.3) is 0 Å². The topological polar surface area (TPSA) is 102 Å². The molecule has 0 radical (unpaired) electrons. The van der Waals surface area contributed by atoms with Gasteiger partial charge in [-0.3, -0.25) is 0 Å². The fraction of sp³-hybridized carbons (Fsp3) is 0.364. The highest BCUT2D eigenvalue weighted by molar-refractivity contribution is 5.92. The van der Waals surface area contributed by atoms with Crippen molar-refractivity contribution in [2.24, 2.45) is 0 Å². The summed E-state index contributed by atoms with van der Waals surface area (Å²) in [6.07, 6.45) is 7.32. The van der Waals surface area contributed by atoms with E-state index in [1.807, 2.05) is 13.0 Å². The van der Waals surface area contributed by atoms with Gasteiger partial charge in [0.2, 0.25) is 0 Å². The number of rotatable bonds is 5. The number of aromatic hydroxyl groups is 1. The fourth-order valence-electron chi connectivity index (χ4n) is 2.81. The van der Waals surface area contributed by atoms with E-state index >= 15 is 0 Å². The lowest BCUT2D eigenvalue weighted by atomic mass is 10.1. The molecule has 1 aromatic rings. The zero-order valence-electron chi connectivity index (χ0n) is 15.6. The number of carboxylic acid groups (broad SMARTS) is 1. The molecule has 0 amide bonds. The van der Waals surface area contributed by atoms with Gasteiger partial charge in [0.15, 0.2) is 6.10 Å². The molecule has 29 heavy (non-hydrogen) atoms. The smallest absolute Gasteiger partial charge is 0.339 e. The molecule has 7 nitrogen and oxygen atoms in total. The molecule has 2 saturated heterocycles. The number of hydrogen-bond acceptors (Lipinski definition) is 6. The number of aromatic carboxylic acids is 1. The molecular formula is C22H28O7. The molecule has 2 unspecified atom stereocenters. The number of fused-ring (bicyclic) bond motifs is 1. The van der Waals surface area contributed by atoms with E-state index in [1.54, 1.807) is 24.3 Å². The molecule has 0 saturated carbocycles. The van der Waals surface area contributed by atoms with Crippen LogP contribution in [0.25, 0.3) is 0 Å². The van der Waals surface area contributed by atoms with E-state index in [1.165, 1.54) is 18.2 Å². The van der Waals surface area contributed by atoms with Gasteiger partial charge >= 0.3 is 11.9 Å². The lowest BCUT2D eigenvalue weighted by Crippen LogP contribution is -2.32. The third-order valence-electron chi connectivity index (χ3n) is 4.24. The van der Waals surface area contributed by atoms with Crippen LogP contribution in [0.1, 0.15) is 31.1 Å². The van der Waals surface area contributed by atoms with E-state index in [0.29, 0.717) is 18.8 Å². The minimum atomic E-state index is -1.11. The van der Waals surface area contributed by atoms with Crippen LogP contribution in [0.4, 0.5) is 0 Å². The van der Waals surface area contributed by atoms with E-state index in [9.17, 15) is 9.59 Å². The van der Waals surface area contributed by atoms with E-state index in [0.717, 1.165) is 6.42 Å².